The molecule has 1 aromatic heterocycles. The lowest BCUT2D eigenvalue weighted by Gasteiger charge is -2.30. The molecule has 1 aliphatic rings. The van der Waals surface area contributed by atoms with Gasteiger partial charge in [0.2, 0.25) is 0 Å². The minimum atomic E-state index is -1.06. The van der Waals surface area contributed by atoms with E-state index in [1.807, 2.05) is 31.2 Å². The van der Waals surface area contributed by atoms with E-state index >= 15 is 0 Å². The number of ether oxygens (including phenoxy) is 1. The zero-order valence-electron chi connectivity index (χ0n) is 12.7. The third kappa shape index (κ3) is 3.09. The van der Waals surface area contributed by atoms with Gasteiger partial charge in [-0.2, -0.15) is 5.10 Å². The van der Waals surface area contributed by atoms with Crippen LogP contribution in [0.15, 0.2) is 30.3 Å². The Labute approximate surface area is 132 Å². The molecule has 1 aromatic carbocycles. The summed E-state index contributed by atoms with van der Waals surface area (Å²) >= 11 is 0. The van der Waals surface area contributed by atoms with Gasteiger partial charge < -0.3 is 14.7 Å². The number of aryl methyl sites for hydroxylation is 1. The molecule has 23 heavy (non-hydrogen) atoms. The van der Waals surface area contributed by atoms with Crippen molar-refractivity contribution < 1.29 is 19.4 Å². The van der Waals surface area contributed by atoms with Gasteiger partial charge >= 0.3 is 5.97 Å². The first-order valence-electron chi connectivity index (χ1n) is 7.31. The summed E-state index contributed by atoms with van der Waals surface area (Å²) in [5.41, 5.74) is 3.05. The number of carboxylic acid groups (broad SMARTS) is 1. The number of aromatic nitrogens is 2. The van der Waals surface area contributed by atoms with E-state index < -0.39 is 12.1 Å². The van der Waals surface area contributed by atoms with E-state index in [0.29, 0.717) is 17.9 Å². The van der Waals surface area contributed by atoms with E-state index in [0.717, 1.165) is 11.1 Å². The van der Waals surface area contributed by atoms with E-state index in [1.165, 1.54) is 4.90 Å². The second-order valence-corrected chi connectivity index (χ2v) is 5.43. The maximum Gasteiger partial charge on any atom is 0.334 e. The highest BCUT2D eigenvalue weighted by atomic mass is 16.5. The summed E-state index contributed by atoms with van der Waals surface area (Å²) in [4.78, 5) is 25.0. The number of H-pyrrole nitrogens is 1. The molecule has 1 fully saturated rings. The van der Waals surface area contributed by atoms with Crippen LogP contribution in [0.2, 0.25) is 0 Å². The van der Waals surface area contributed by atoms with Gasteiger partial charge in [-0.05, 0) is 18.6 Å². The molecule has 2 heterocycles. The molecule has 0 radical (unpaired) electrons. The van der Waals surface area contributed by atoms with Crippen LogP contribution < -0.4 is 0 Å². The molecule has 0 aliphatic carbocycles. The molecule has 3 rings (SSSR count). The van der Waals surface area contributed by atoms with Crippen LogP contribution >= 0.6 is 0 Å². The molecule has 2 aromatic rings. The molecule has 0 saturated carbocycles. The highest BCUT2D eigenvalue weighted by molar-refractivity contribution is 5.94. The van der Waals surface area contributed by atoms with Crippen molar-refractivity contribution in [1.29, 1.82) is 0 Å². The van der Waals surface area contributed by atoms with Gasteiger partial charge in [0.1, 0.15) is 5.69 Å². The van der Waals surface area contributed by atoms with Gasteiger partial charge in [0.15, 0.2) is 6.10 Å². The fourth-order valence-corrected chi connectivity index (χ4v) is 2.58. The summed E-state index contributed by atoms with van der Waals surface area (Å²) < 4.78 is 5.13. The highest BCUT2D eigenvalue weighted by Gasteiger charge is 2.30. The number of carbonyl (C=O) groups excluding carboxylic acids is 1. The number of hydrogen-bond donors (Lipinski definition) is 2. The van der Waals surface area contributed by atoms with Crippen LogP contribution in [0.25, 0.3) is 11.3 Å². The minimum Gasteiger partial charge on any atom is -0.479 e. The van der Waals surface area contributed by atoms with Crippen LogP contribution in [0, 0.1) is 6.92 Å². The molecule has 1 saturated heterocycles. The van der Waals surface area contributed by atoms with Crippen LogP contribution in [0.1, 0.15) is 16.1 Å². The lowest BCUT2D eigenvalue weighted by atomic mass is 10.1. The average Bonchev–Trinajstić information content (AvgIpc) is 3.04. The predicted octanol–water partition coefficient (Wildman–Crippen LogP) is 1.31. The number of aromatic amines is 1. The molecule has 0 bridgehead atoms. The van der Waals surface area contributed by atoms with Gasteiger partial charge in [0, 0.05) is 12.1 Å². The molecule has 7 nitrogen and oxygen atoms in total. The fourth-order valence-electron chi connectivity index (χ4n) is 2.58. The van der Waals surface area contributed by atoms with E-state index in [2.05, 4.69) is 10.2 Å². The molecular formula is C16H17N3O4. The molecule has 0 spiro atoms. The van der Waals surface area contributed by atoms with Crippen LogP contribution in [-0.2, 0) is 9.53 Å². The van der Waals surface area contributed by atoms with Gasteiger partial charge in [0.05, 0.1) is 18.8 Å². The molecule has 1 atom stereocenters. The number of carboxylic acids is 1. The standard InChI is InChI=1S/C16H17N3O4/c1-10-4-2-3-5-11(10)12-8-13(18-17-12)15(20)19-6-7-23-14(9-19)16(21)22/h2-5,8,14H,6-7,9H2,1H3,(H,17,18)(H,21,22). The number of amides is 1. The quantitative estimate of drug-likeness (QED) is 0.890. The number of rotatable bonds is 3. The van der Waals surface area contributed by atoms with Gasteiger partial charge in [-0.1, -0.05) is 24.3 Å². The summed E-state index contributed by atoms with van der Waals surface area (Å²) in [5, 5.41) is 15.9. The molecule has 1 unspecified atom stereocenters. The van der Waals surface area contributed by atoms with Crippen molar-refractivity contribution in [2.45, 2.75) is 13.0 Å². The first kappa shape index (κ1) is 15.2. The predicted molar refractivity (Wildman–Crippen MR) is 82.0 cm³/mol. The number of benzene rings is 1. The van der Waals surface area contributed by atoms with Crippen molar-refractivity contribution >= 4 is 11.9 Å². The lowest BCUT2D eigenvalue weighted by Crippen LogP contribution is -2.48. The molecule has 1 aliphatic heterocycles. The van der Waals surface area contributed by atoms with E-state index in [1.54, 1.807) is 6.07 Å². The van der Waals surface area contributed by atoms with Crippen molar-refractivity contribution in [2.75, 3.05) is 19.7 Å². The Morgan fingerprint density at radius 3 is 2.91 bits per heavy atom. The number of nitrogens with one attached hydrogen (secondary N) is 1. The summed E-state index contributed by atoms with van der Waals surface area (Å²) in [6.45, 7) is 2.58. The maximum absolute atomic E-state index is 12.5. The molecular weight excluding hydrogens is 298 g/mol. The highest BCUT2D eigenvalue weighted by Crippen LogP contribution is 2.22. The van der Waals surface area contributed by atoms with Crippen LogP contribution in [0.4, 0.5) is 0 Å². The molecule has 7 heteroatoms. The number of morpholine rings is 1. The normalized spacial score (nSPS) is 18.0. The van der Waals surface area contributed by atoms with Crippen LogP contribution in [-0.4, -0.2) is 57.9 Å². The first-order chi connectivity index (χ1) is 11.1. The Kier molecular flexibility index (Phi) is 4.12. The summed E-state index contributed by atoms with van der Waals surface area (Å²) in [7, 11) is 0. The SMILES string of the molecule is Cc1ccccc1-c1cc(C(=O)N2CCOC(C(=O)O)C2)[nH]n1. The summed E-state index contributed by atoms with van der Waals surface area (Å²) in [5.74, 6) is -1.33. The van der Waals surface area contributed by atoms with Gasteiger partial charge in [-0.15, -0.1) is 0 Å². The second-order valence-electron chi connectivity index (χ2n) is 5.43. The van der Waals surface area contributed by atoms with Crippen LogP contribution in [0.3, 0.4) is 0 Å². The van der Waals surface area contributed by atoms with Gasteiger partial charge in [0.25, 0.3) is 5.91 Å². The molecule has 1 amide bonds. The maximum atomic E-state index is 12.5. The number of hydrogen-bond acceptors (Lipinski definition) is 4. The zero-order valence-corrected chi connectivity index (χ0v) is 12.7. The Hall–Kier alpha value is -2.67. The number of aliphatic carboxylic acids is 1. The van der Waals surface area contributed by atoms with Gasteiger partial charge in [-0.3, -0.25) is 9.89 Å². The Balaban J connectivity index is 1.79. The molecule has 120 valence electrons. The van der Waals surface area contributed by atoms with Crippen molar-refractivity contribution in [1.82, 2.24) is 15.1 Å². The van der Waals surface area contributed by atoms with Crippen molar-refractivity contribution in [3.63, 3.8) is 0 Å². The Morgan fingerprint density at radius 1 is 1.39 bits per heavy atom. The van der Waals surface area contributed by atoms with Gasteiger partial charge in [-0.25, -0.2) is 4.79 Å². The summed E-state index contributed by atoms with van der Waals surface area (Å²) in [6, 6.07) is 9.46. The van der Waals surface area contributed by atoms with Crippen molar-refractivity contribution in [3.8, 4) is 11.3 Å². The van der Waals surface area contributed by atoms with E-state index in [9.17, 15) is 9.59 Å². The number of nitrogens with zero attached hydrogens (tertiary/aromatic N) is 2. The van der Waals surface area contributed by atoms with E-state index in [-0.39, 0.29) is 19.1 Å². The Morgan fingerprint density at radius 2 is 2.17 bits per heavy atom. The lowest BCUT2D eigenvalue weighted by molar-refractivity contribution is -0.154. The van der Waals surface area contributed by atoms with Crippen molar-refractivity contribution in [3.05, 3.63) is 41.6 Å². The van der Waals surface area contributed by atoms with Crippen LogP contribution in [0.5, 0.6) is 0 Å². The zero-order chi connectivity index (χ0) is 16.4. The third-order valence-corrected chi connectivity index (χ3v) is 3.86. The fraction of sp³-hybridized carbons (Fsp3) is 0.312. The summed E-state index contributed by atoms with van der Waals surface area (Å²) in [6.07, 6.45) is -0.980. The largest absolute Gasteiger partial charge is 0.479 e. The minimum absolute atomic E-state index is 0.0346. The second kappa shape index (κ2) is 6.21. The number of carbonyl (C=O) groups is 2. The average molecular weight is 315 g/mol. The first-order valence-corrected chi connectivity index (χ1v) is 7.31. The third-order valence-electron chi connectivity index (χ3n) is 3.86. The topological polar surface area (TPSA) is 95.5 Å². The van der Waals surface area contributed by atoms with Crippen molar-refractivity contribution in [2.24, 2.45) is 0 Å². The Bertz CT molecular complexity index is 740. The monoisotopic (exact) mass is 315 g/mol. The van der Waals surface area contributed by atoms with E-state index in [4.69, 9.17) is 9.84 Å². The molecule has 2 N–H and O–H groups in total. The smallest absolute Gasteiger partial charge is 0.334 e.